The SMILES string of the molecule is C=C/C=C\C(=C/C)Nc1cccc(C#N)c1. The Bertz CT molecular complexity index is 462. The Kier molecular flexibility index (Phi) is 4.62. The number of allylic oxidation sites excluding steroid dienone is 4. The molecule has 2 nitrogen and oxygen atoms in total. The molecule has 0 aromatic heterocycles. The molecule has 1 rings (SSSR count). The van der Waals surface area contributed by atoms with Gasteiger partial charge in [0.2, 0.25) is 0 Å². The molecule has 0 aliphatic rings. The molecular weight excluding hydrogens is 196 g/mol. The first kappa shape index (κ1) is 11.8. The van der Waals surface area contributed by atoms with E-state index in [9.17, 15) is 0 Å². The van der Waals surface area contributed by atoms with E-state index in [-0.39, 0.29) is 0 Å². The largest absolute Gasteiger partial charge is 0.356 e. The van der Waals surface area contributed by atoms with Gasteiger partial charge in [0, 0.05) is 11.4 Å². The Morgan fingerprint density at radius 3 is 2.94 bits per heavy atom. The molecule has 0 aliphatic heterocycles. The van der Waals surface area contributed by atoms with Gasteiger partial charge in [0.15, 0.2) is 0 Å². The third kappa shape index (κ3) is 3.47. The van der Waals surface area contributed by atoms with Crippen LogP contribution in [0.2, 0.25) is 0 Å². The highest BCUT2D eigenvalue weighted by Gasteiger charge is 1.95. The van der Waals surface area contributed by atoms with Crippen LogP contribution in [0.1, 0.15) is 12.5 Å². The molecule has 1 N–H and O–H groups in total. The van der Waals surface area contributed by atoms with E-state index in [0.717, 1.165) is 11.4 Å². The number of nitrogens with one attached hydrogen (secondary N) is 1. The van der Waals surface area contributed by atoms with Crippen LogP contribution >= 0.6 is 0 Å². The van der Waals surface area contributed by atoms with Crippen molar-refractivity contribution >= 4 is 5.69 Å². The summed E-state index contributed by atoms with van der Waals surface area (Å²) in [6, 6.07) is 9.47. The topological polar surface area (TPSA) is 35.8 Å². The second-order valence-electron chi connectivity index (χ2n) is 3.16. The normalized spacial score (nSPS) is 11.1. The van der Waals surface area contributed by atoms with Crippen molar-refractivity contribution in [2.24, 2.45) is 0 Å². The lowest BCUT2D eigenvalue weighted by atomic mass is 10.2. The zero-order valence-electron chi connectivity index (χ0n) is 9.27. The molecule has 0 fully saturated rings. The summed E-state index contributed by atoms with van der Waals surface area (Å²) in [5.41, 5.74) is 2.52. The van der Waals surface area contributed by atoms with Crippen LogP contribution in [0.25, 0.3) is 0 Å². The van der Waals surface area contributed by atoms with E-state index in [4.69, 9.17) is 5.26 Å². The van der Waals surface area contributed by atoms with Gasteiger partial charge in [0.1, 0.15) is 0 Å². The number of nitriles is 1. The van der Waals surface area contributed by atoms with Gasteiger partial charge in [-0.1, -0.05) is 30.9 Å². The maximum Gasteiger partial charge on any atom is 0.0992 e. The van der Waals surface area contributed by atoms with E-state index in [2.05, 4.69) is 18.0 Å². The third-order valence-corrected chi connectivity index (χ3v) is 2.00. The first-order valence-corrected chi connectivity index (χ1v) is 5.02. The summed E-state index contributed by atoms with van der Waals surface area (Å²) in [6.45, 7) is 5.56. The smallest absolute Gasteiger partial charge is 0.0992 e. The minimum absolute atomic E-state index is 0.646. The van der Waals surface area contributed by atoms with Crippen molar-refractivity contribution in [2.75, 3.05) is 5.32 Å². The van der Waals surface area contributed by atoms with Crippen molar-refractivity contribution < 1.29 is 0 Å². The van der Waals surface area contributed by atoms with Crippen LogP contribution in [0.5, 0.6) is 0 Å². The molecule has 0 amide bonds. The minimum Gasteiger partial charge on any atom is -0.356 e. The summed E-state index contributed by atoms with van der Waals surface area (Å²) in [5.74, 6) is 0. The molecule has 0 bridgehead atoms. The summed E-state index contributed by atoms with van der Waals surface area (Å²) < 4.78 is 0. The standard InChI is InChI=1S/C14H14N2/c1-3-5-8-13(4-2)16-14-9-6-7-12(10-14)11-15/h3-10,16H,1H2,2H3/b8-5-,13-4+. The highest BCUT2D eigenvalue weighted by molar-refractivity contribution is 5.54. The molecule has 0 spiro atoms. The maximum atomic E-state index is 8.78. The fourth-order valence-electron chi connectivity index (χ4n) is 1.21. The highest BCUT2D eigenvalue weighted by Crippen LogP contribution is 2.12. The lowest BCUT2D eigenvalue weighted by molar-refractivity contribution is 1.42. The molecular formula is C14H14N2. The van der Waals surface area contributed by atoms with Gasteiger partial charge < -0.3 is 5.32 Å². The van der Waals surface area contributed by atoms with Gasteiger partial charge in [-0.25, -0.2) is 0 Å². The van der Waals surface area contributed by atoms with Gasteiger partial charge in [-0.05, 0) is 31.2 Å². The Balaban J connectivity index is 2.83. The summed E-state index contributed by atoms with van der Waals surface area (Å²) >= 11 is 0. The molecule has 1 aromatic rings. The van der Waals surface area contributed by atoms with Crippen molar-refractivity contribution in [1.29, 1.82) is 5.26 Å². The molecule has 0 heterocycles. The monoisotopic (exact) mass is 210 g/mol. The number of benzene rings is 1. The van der Waals surface area contributed by atoms with Crippen molar-refractivity contribution in [3.63, 3.8) is 0 Å². The number of nitrogens with zero attached hydrogens (tertiary/aromatic N) is 1. The second-order valence-corrected chi connectivity index (χ2v) is 3.16. The van der Waals surface area contributed by atoms with Crippen molar-refractivity contribution in [3.8, 4) is 6.07 Å². The molecule has 0 saturated heterocycles. The third-order valence-electron chi connectivity index (χ3n) is 2.00. The lowest BCUT2D eigenvalue weighted by Gasteiger charge is -2.06. The fraction of sp³-hybridized carbons (Fsp3) is 0.0714. The van der Waals surface area contributed by atoms with Gasteiger partial charge in [-0.15, -0.1) is 0 Å². The van der Waals surface area contributed by atoms with Gasteiger partial charge in [0.05, 0.1) is 11.6 Å². The van der Waals surface area contributed by atoms with E-state index in [1.807, 2.05) is 43.4 Å². The van der Waals surface area contributed by atoms with E-state index in [0.29, 0.717) is 5.56 Å². The first-order chi connectivity index (χ1) is 7.80. The molecule has 1 aromatic carbocycles. The van der Waals surface area contributed by atoms with Crippen molar-refractivity contribution in [1.82, 2.24) is 0 Å². The molecule has 80 valence electrons. The Hall–Kier alpha value is -2.27. The number of anilines is 1. The van der Waals surface area contributed by atoms with Crippen LogP contribution in [0.15, 0.2) is 60.8 Å². The number of hydrogen-bond acceptors (Lipinski definition) is 2. The zero-order chi connectivity index (χ0) is 11.8. The average molecular weight is 210 g/mol. The Morgan fingerprint density at radius 1 is 1.50 bits per heavy atom. The molecule has 0 aliphatic carbocycles. The number of rotatable bonds is 4. The predicted octanol–water partition coefficient (Wildman–Crippen LogP) is 3.62. The van der Waals surface area contributed by atoms with Gasteiger partial charge >= 0.3 is 0 Å². The Morgan fingerprint density at radius 2 is 2.31 bits per heavy atom. The van der Waals surface area contributed by atoms with Crippen LogP contribution in [0.3, 0.4) is 0 Å². The molecule has 0 atom stereocenters. The minimum atomic E-state index is 0.646. The van der Waals surface area contributed by atoms with E-state index in [1.54, 1.807) is 12.1 Å². The zero-order valence-corrected chi connectivity index (χ0v) is 9.27. The van der Waals surface area contributed by atoms with Crippen LogP contribution in [-0.4, -0.2) is 0 Å². The van der Waals surface area contributed by atoms with E-state index >= 15 is 0 Å². The fourth-order valence-corrected chi connectivity index (χ4v) is 1.21. The van der Waals surface area contributed by atoms with Crippen LogP contribution in [0, 0.1) is 11.3 Å². The summed E-state index contributed by atoms with van der Waals surface area (Å²) in [7, 11) is 0. The summed E-state index contributed by atoms with van der Waals surface area (Å²) in [4.78, 5) is 0. The molecule has 0 unspecified atom stereocenters. The van der Waals surface area contributed by atoms with E-state index < -0.39 is 0 Å². The number of hydrogen-bond donors (Lipinski definition) is 1. The van der Waals surface area contributed by atoms with Gasteiger partial charge in [-0.3, -0.25) is 0 Å². The molecule has 0 radical (unpaired) electrons. The highest BCUT2D eigenvalue weighted by atomic mass is 14.9. The maximum absolute atomic E-state index is 8.78. The first-order valence-electron chi connectivity index (χ1n) is 5.02. The van der Waals surface area contributed by atoms with Gasteiger partial charge in [0.25, 0.3) is 0 Å². The van der Waals surface area contributed by atoms with Crippen LogP contribution in [0.4, 0.5) is 5.69 Å². The van der Waals surface area contributed by atoms with Crippen LogP contribution in [-0.2, 0) is 0 Å². The van der Waals surface area contributed by atoms with Gasteiger partial charge in [-0.2, -0.15) is 5.26 Å². The van der Waals surface area contributed by atoms with Crippen molar-refractivity contribution in [3.05, 3.63) is 66.4 Å². The molecule has 0 saturated carbocycles. The Labute approximate surface area is 96.2 Å². The summed E-state index contributed by atoms with van der Waals surface area (Å²) in [5, 5.41) is 12.0. The predicted molar refractivity (Wildman–Crippen MR) is 67.9 cm³/mol. The summed E-state index contributed by atoms with van der Waals surface area (Å²) in [6.07, 6.45) is 7.46. The second kappa shape index (κ2) is 6.26. The quantitative estimate of drug-likeness (QED) is 0.770. The lowest BCUT2D eigenvalue weighted by Crippen LogP contribution is -1.96. The average Bonchev–Trinajstić information content (AvgIpc) is 2.34. The van der Waals surface area contributed by atoms with E-state index in [1.165, 1.54) is 0 Å². The molecule has 16 heavy (non-hydrogen) atoms. The van der Waals surface area contributed by atoms with Crippen LogP contribution < -0.4 is 5.32 Å². The van der Waals surface area contributed by atoms with Crippen molar-refractivity contribution in [2.45, 2.75) is 6.92 Å². The molecule has 2 heteroatoms.